The van der Waals surface area contributed by atoms with Gasteiger partial charge in [-0.05, 0) is 26.1 Å². The predicted molar refractivity (Wildman–Crippen MR) is 64.3 cm³/mol. The lowest BCUT2D eigenvalue weighted by molar-refractivity contribution is 0.284. The van der Waals surface area contributed by atoms with Crippen molar-refractivity contribution in [1.82, 2.24) is 4.90 Å². The highest BCUT2D eigenvalue weighted by Gasteiger charge is 2.18. The first-order valence-corrected chi connectivity index (χ1v) is 5.47. The molecule has 0 aliphatic rings. The van der Waals surface area contributed by atoms with Crippen molar-refractivity contribution in [2.75, 3.05) is 20.7 Å². The summed E-state index contributed by atoms with van der Waals surface area (Å²) in [4.78, 5) is 2.04. The van der Waals surface area contributed by atoms with E-state index in [1.54, 1.807) is 7.11 Å². The van der Waals surface area contributed by atoms with Gasteiger partial charge in [-0.15, -0.1) is 0 Å². The Morgan fingerprint density at radius 3 is 2.69 bits per heavy atom. The highest BCUT2D eigenvalue weighted by Crippen LogP contribution is 2.27. The molecule has 0 bridgehead atoms. The third-order valence-corrected chi connectivity index (χ3v) is 2.57. The van der Waals surface area contributed by atoms with E-state index in [2.05, 4.69) is 13.0 Å². The van der Waals surface area contributed by atoms with Gasteiger partial charge in [0.05, 0.1) is 13.2 Å². The molecule has 0 fully saturated rings. The number of hydrogen-bond acceptors (Lipinski definition) is 3. The molecule has 0 heterocycles. The molecular weight excluding hydrogens is 200 g/mol. The lowest BCUT2D eigenvalue weighted by Crippen LogP contribution is -2.24. The number of methoxy groups -OCH3 is 1. The highest BCUT2D eigenvalue weighted by molar-refractivity contribution is 5.38. The van der Waals surface area contributed by atoms with Crippen LogP contribution in [-0.2, 0) is 0 Å². The summed E-state index contributed by atoms with van der Waals surface area (Å²) in [5.74, 6) is 0.775. The molecular formula is C13H18N2O. The van der Waals surface area contributed by atoms with Crippen LogP contribution in [0.5, 0.6) is 5.75 Å². The second-order valence-electron chi connectivity index (χ2n) is 3.75. The smallest absolute Gasteiger partial charge is 0.127 e. The van der Waals surface area contributed by atoms with Crippen LogP contribution in [0.1, 0.15) is 24.9 Å². The summed E-state index contributed by atoms with van der Waals surface area (Å²) in [5.41, 5.74) is 0.934. The standard InChI is InChI=1S/C13H18N2O/c1-4-9-15(2)12(10-14)11-7-5-6-8-13(11)16-3/h5-8,12H,4,9H2,1-3H3. The van der Waals surface area contributed by atoms with Crippen molar-refractivity contribution in [3.8, 4) is 11.8 Å². The molecule has 1 atom stereocenters. The van der Waals surface area contributed by atoms with E-state index in [-0.39, 0.29) is 6.04 Å². The van der Waals surface area contributed by atoms with Gasteiger partial charge in [-0.3, -0.25) is 4.90 Å². The molecule has 3 heteroatoms. The van der Waals surface area contributed by atoms with Crippen LogP contribution in [0.4, 0.5) is 0 Å². The van der Waals surface area contributed by atoms with Gasteiger partial charge in [0.1, 0.15) is 11.8 Å². The van der Waals surface area contributed by atoms with E-state index in [0.29, 0.717) is 0 Å². The Kier molecular flexibility index (Phi) is 4.81. The Labute approximate surface area is 97.3 Å². The second kappa shape index (κ2) is 6.14. The summed E-state index contributed by atoms with van der Waals surface area (Å²) in [5, 5.41) is 9.25. The molecule has 0 N–H and O–H groups in total. The van der Waals surface area contributed by atoms with E-state index < -0.39 is 0 Å². The van der Waals surface area contributed by atoms with Gasteiger partial charge in [0.2, 0.25) is 0 Å². The van der Waals surface area contributed by atoms with Crippen molar-refractivity contribution in [3.05, 3.63) is 29.8 Å². The maximum absolute atomic E-state index is 9.25. The van der Waals surface area contributed by atoms with Crippen molar-refractivity contribution in [1.29, 1.82) is 5.26 Å². The molecule has 1 aromatic rings. The first kappa shape index (κ1) is 12.5. The maximum Gasteiger partial charge on any atom is 0.127 e. The Morgan fingerprint density at radius 1 is 1.44 bits per heavy atom. The minimum atomic E-state index is -0.240. The van der Waals surface area contributed by atoms with Gasteiger partial charge >= 0.3 is 0 Å². The van der Waals surface area contributed by atoms with E-state index in [9.17, 15) is 5.26 Å². The van der Waals surface area contributed by atoms with Gasteiger partial charge in [0, 0.05) is 5.56 Å². The minimum absolute atomic E-state index is 0.240. The van der Waals surface area contributed by atoms with Crippen molar-refractivity contribution in [2.45, 2.75) is 19.4 Å². The average molecular weight is 218 g/mol. The average Bonchev–Trinajstić information content (AvgIpc) is 2.31. The van der Waals surface area contributed by atoms with E-state index in [4.69, 9.17) is 4.74 Å². The fourth-order valence-corrected chi connectivity index (χ4v) is 1.78. The molecule has 1 aromatic carbocycles. The van der Waals surface area contributed by atoms with Crippen LogP contribution in [0.2, 0.25) is 0 Å². The largest absolute Gasteiger partial charge is 0.496 e. The Balaban J connectivity index is 2.99. The van der Waals surface area contributed by atoms with Gasteiger partial charge in [-0.1, -0.05) is 25.1 Å². The monoisotopic (exact) mass is 218 g/mol. The molecule has 16 heavy (non-hydrogen) atoms. The molecule has 0 spiro atoms. The molecule has 0 aromatic heterocycles. The van der Waals surface area contributed by atoms with E-state index >= 15 is 0 Å². The van der Waals surface area contributed by atoms with Crippen LogP contribution in [0.3, 0.4) is 0 Å². The van der Waals surface area contributed by atoms with E-state index in [1.807, 2.05) is 36.2 Å². The van der Waals surface area contributed by atoms with Gasteiger partial charge < -0.3 is 4.74 Å². The lowest BCUT2D eigenvalue weighted by Gasteiger charge is -2.23. The molecule has 0 amide bonds. The topological polar surface area (TPSA) is 36.3 Å². The molecule has 0 radical (unpaired) electrons. The van der Waals surface area contributed by atoms with Crippen molar-refractivity contribution < 1.29 is 4.74 Å². The minimum Gasteiger partial charge on any atom is -0.496 e. The summed E-state index contributed by atoms with van der Waals surface area (Å²) in [6.45, 7) is 3.00. The van der Waals surface area contributed by atoms with Crippen LogP contribution in [0.25, 0.3) is 0 Å². The van der Waals surface area contributed by atoms with E-state index in [1.165, 1.54) is 0 Å². The summed E-state index contributed by atoms with van der Waals surface area (Å²) < 4.78 is 5.28. The molecule has 1 unspecified atom stereocenters. The summed E-state index contributed by atoms with van der Waals surface area (Å²) in [7, 11) is 3.59. The first-order chi connectivity index (χ1) is 7.74. The number of benzene rings is 1. The van der Waals surface area contributed by atoms with Gasteiger partial charge in [-0.25, -0.2) is 0 Å². The predicted octanol–water partition coefficient (Wildman–Crippen LogP) is 2.60. The van der Waals surface area contributed by atoms with Crippen LogP contribution in [0.15, 0.2) is 24.3 Å². The molecule has 0 aliphatic heterocycles. The van der Waals surface area contributed by atoms with Crippen LogP contribution in [-0.4, -0.2) is 25.6 Å². The summed E-state index contributed by atoms with van der Waals surface area (Å²) >= 11 is 0. The Morgan fingerprint density at radius 2 is 2.12 bits per heavy atom. The third-order valence-electron chi connectivity index (χ3n) is 2.57. The zero-order valence-corrected chi connectivity index (χ0v) is 10.1. The van der Waals surface area contributed by atoms with Crippen molar-refractivity contribution in [2.24, 2.45) is 0 Å². The Hall–Kier alpha value is -1.53. The fourth-order valence-electron chi connectivity index (χ4n) is 1.78. The maximum atomic E-state index is 9.25. The SMILES string of the molecule is CCCN(C)C(C#N)c1ccccc1OC. The molecule has 0 aliphatic carbocycles. The molecule has 0 saturated carbocycles. The number of nitrogens with zero attached hydrogens (tertiary/aromatic N) is 2. The van der Waals surface area contributed by atoms with Crippen molar-refractivity contribution >= 4 is 0 Å². The molecule has 86 valence electrons. The van der Waals surface area contributed by atoms with Crippen LogP contribution >= 0.6 is 0 Å². The lowest BCUT2D eigenvalue weighted by atomic mass is 10.1. The fraction of sp³-hybridized carbons (Fsp3) is 0.462. The number of hydrogen-bond donors (Lipinski definition) is 0. The summed E-state index contributed by atoms with van der Waals surface area (Å²) in [6.07, 6.45) is 1.03. The Bertz CT molecular complexity index is 370. The number of ether oxygens (including phenoxy) is 1. The van der Waals surface area contributed by atoms with Gasteiger partial charge in [0.25, 0.3) is 0 Å². The van der Waals surface area contributed by atoms with Gasteiger partial charge in [-0.2, -0.15) is 5.26 Å². The van der Waals surface area contributed by atoms with Crippen LogP contribution in [0, 0.1) is 11.3 Å². The molecule has 3 nitrogen and oxygen atoms in total. The molecule has 1 rings (SSSR count). The van der Waals surface area contributed by atoms with Crippen LogP contribution < -0.4 is 4.74 Å². The second-order valence-corrected chi connectivity index (χ2v) is 3.75. The first-order valence-electron chi connectivity index (χ1n) is 5.47. The van der Waals surface area contributed by atoms with E-state index in [0.717, 1.165) is 24.3 Å². The third kappa shape index (κ3) is 2.74. The quantitative estimate of drug-likeness (QED) is 0.762. The zero-order valence-electron chi connectivity index (χ0n) is 10.1. The number of nitriles is 1. The van der Waals surface area contributed by atoms with Crippen molar-refractivity contribution in [3.63, 3.8) is 0 Å². The zero-order chi connectivity index (χ0) is 12.0. The van der Waals surface area contributed by atoms with Gasteiger partial charge in [0.15, 0.2) is 0 Å². The number of para-hydroxylation sites is 1. The normalized spacial score (nSPS) is 12.2. The highest BCUT2D eigenvalue weighted by atomic mass is 16.5. The molecule has 0 saturated heterocycles. The number of rotatable bonds is 5. The summed E-state index contributed by atoms with van der Waals surface area (Å²) in [6, 6.07) is 9.76.